The van der Waals surface area contributed by atoms with Gasteiger partial charge in [0.1, 0.15) is 0 Å². The van der Waals surface area contributed by atoms with Gasteiger partial charge in [-0.3, -0.25) is 0 Å². The van der Waals surface area contributed by atoms with Crippen molar-refractivity contribution in [3.05, 3.63) is 28.8 Å². The van der Waals surface area contributed by atoms with Gasteiger partial charge in [-0.2, -0.15) is 4.31 Å². The van der Waals surface area contributed by atoms with Crippen LogP contribution in [0.1, 0.15) is 19.4 Å². The van der Waals surface area contributed by atoms with Gasteiger partial charge in [0.05, 0.1) is 4.90 Å². The van der Waals surface area contributed by atoms with Crippen LogP contribution in [0.5, 0.6) is 0 Å². The molecule has 1 N–H and O–H groups in total. The highest BCUT2D eigenvalue weighted by Gasteiger charge is 2.54. The molecule has 6 heteroatoms. The predicted molar refractivity (Wildman–Crippen MR) is 84.0 cm³/mol. The van der Waals surface area contributed by atoms with Crippen LogP contribution in [-0.2, 0) is 10.0 Å². The summed E-state index contributed by atoms with van der Waals surface area (Å²) in [5.74, 6) is 0.780. The molecular weight excluding hydrogens is 308 g/mol. The van der Waals surface area contributed by atoms with Gasteiger partial charge in [-0.15, -0.1) is 0 Å². The number of benzene rings is 1. The summed E-state index contributed by atoms with van der Waals surface area (Å²) in [6.45, 7) is 8.25. The van der Waals surface area contributed by atoms with E-state index in [-0.39, 0.29) is 5.54 Å². The average molecular weight is 329 g/mol. The number of rotatable bonds is 2. The summed E-state index contributed by atoms with van der Waals surface area (Å²) >= 11 is 5.94. The van der Waals surface area contributed by atoms with E-state index in [1.807, 2.05) is 13.8 Å². The van der Waals surface area contributed by atoms with Gasteiger partial charge in [0, 0.05) is 23.7 Å². The Labute approximate surface area is 131 Å². The average Bonchev–Trinajstić information content (AvgIpc) is 2.91. The van der Waals surface area contributed by atoms with Crippen LogP contribution in [0.2, 0.25) is 5.02 Å². The fourth-order valence-electron chi connectivity index (χ4n) is 3.81. The smallest absolute Gasteiger partial charge is 0.243 e. The first-order valence-electron chi connectivity index (χ1n) is 7.24. The maximum Gasteiger partial charge on any atom is 0.243 e. The van der Waals surface area contributed by atoms with Gasteiger partial charge in [0.25, 0.3) is 0 Å². The number of hydrogen-bond donors (Lipinski definition) is 1. The van der Waals surface area contributed by atoms with Crippen molar-refractivity contribution >= 4 is 21.6 Å². The van der Waals surface area contributed by atoms with E-state index in [2.05, 4.69) is 5.32 Å². The van der Waals surface area contributed by atoms with Crippen LogP contribution < -0.4 is 5.32 Å². The van der Waals surface area contributed by atoms with E-state index < -0.39 is 10.0 Å². The Morgan fingerprint density at radius 3 is 2.67 bits per heavy atom. The molecule has 4 nitrogen and oxygen atoms in total. The molecule has 1 aromatic rings. The lowest BCUT2D eigenvalue weighted by atomic mass is 9.85. The first-order chi connectivity index (χ1) is 9.74. The van der Waals surface area contributed by atoms with E-state index in [1.54, 1.807) is 29.4 Å². The second-order valence-electron chi connectivity index (χ2n) is 6.62. The van der Waals surface area contributed by atoms with E-state index in [0.717, 1.165) is 13.1 Å². The third kappa shape index (κ3) is 2.31. The molecule has 21 heavy (non-hydrogen) atoms. The number of sulfonamides is 1. The molecule has 116 valence electrons. The number of nitrogens with zero attached hydrogens (tertiary/aromatic N) is 1. The fraction of sp³-hybridized carbons (Fsp3) is 0.600. The third-order valence-electron chi connectivity index (χ3n) is 5.00. The molecular formula is C15H21ClN2O2S. The molecule has 0 radical (unpaired) electrons. The van der Waals surface area contributed by atoms with Crippen molar-refractivity contribution in [1.82, 2.24) is 9.62 Å². The molecule has 2 heterocycles. The van der Waals surface area contributed by atoms with Gasteiger partial charge in [0.2, 0.25) is 10.0 Å². The summed E-state index contributed by atoms with van der Waals surface area (Å²) in [6, 6.07) is 4.97. The standard InChI is InChI=1S/C15H21ClN2O2S/c1-10-6-12(16)4-5-14(10)21(19,20)18-9-11-7-17-8-13(11)15(18,2)3/h4-6,11,13,17H,7-9H2,1-3H3. The first kappa shape index (κ1) is 15.3. The Bertz CT molecular complexity index is 672. The minimum atomic E-state index is -3.49. The molecule has 3 rings (SSSR count). The van der Waals surface area contributed by atoms with E-state index >= 15 is 0 Å². The lowest BCUT2D eigenvalue weighted by molar-refractivity contribution is 0.233. The lowest BCUT2D eigenvalue weighted by Crippen LogP contribution is -2.47. The SMILES string of the molecule is Cc1cc(Cl)ccc1S(=O)(=O)N1CC2CNCC2C1(C)C. The van der Waals surface area contributed by atoms with Crippen LogP contribution in [0, 0.1) is 18.8 Å². The summed E-state index contributed by atoms with van der Waals surface area (Å²) in [7, 11) is -3.49. The molecule has 0 spiro atoms. The van der Waals surface area contributed by atoms with Gasteiger partial charge in [-0.1, -0.05) is 11.6 Å². The van der Waals surface area contributed by atoms with Crippen LogP contribution in [0.3, 0.4) is 0 Å². The highest BCUT2D eigenvalue weighted by atomic mass is 35.5. The van der Waals surface area contributed by atoms with E-state index in [4.69, 9.17) is 11.6 Å². The molecule has 2 saturated heterocycles. The Morgan fingerprint density at radius 2 is 2.05 bits per heavy atom. The quantitative estimate of drug-likeness (QED) is 0.906. The van der Waals surface area contributed by atoms with Gasteiger partial charge >= 0.3 is 0 Å². The number of fused-ring (bicyclic) bond motifs is 1. The van der Waals surface area contributed by atoms with Gasteiger partial charge in [-0.25, -0.2) is 8.42 Å². The minimum absolute atomic E-state index is 0.362. The maximum absolute atomic E-state index is 13.1. The second kappa shape index (κ2) is 4.95. The highest BCUT2D eigenvalue weighted by Crippen LogP contribution is 2.43. The summed E-state index contributed by atoms with van der Waals surface area (Å²) < 4.78 is 27.8. The zero-order chi connectivity index (χ0) is 15.4. The van der Waals surface area contributed by atoms with Crippen molar-refractivity contribution in [2.24, 2.45) is 11.8 Å². The largest absolute Gasteiger partial charge is 0.316 e. The highest BCUT2D eigenvalue weighted by molar-refractivity contribution is 7.89. The number of halogens is 1. The van der Waals surface area contributed by atoms with Crippen molar-refractivity contribution in [3.63, 3.8) is 0 Å². The van der Waals surface area contributed by atoms with Crippen molar-refractivity contribution in [2.45, 2.75) is 31.2 Å². The van der Waals surface area contributed by atoms with Gasteiger partial charge in [-0.05, 0) is 62.9 Å². The van der Waals surface area contributed by atoms with Crippen molar-refractivity contribution in [1.29, 1.82) is 0 Å². The molecule has 2 atom stereocenters. The van der Waals surface area contributed by atoms with Crippen molar-refractivity contribution in [2.75, 3.05) is 19.6 Å². The van der Waals surface area contributed by atoms with Gasteiger partial charge < -0.3 is 5.32 Å². The molecule has 0 saturated carbocycles. The second-order valence-corrected chi connectivity index (χ2v) is 8.89. The molecule has 2 aliphatic heterocycles. The molecule has 0 amide bonds. The monoisotopic (exact) mass is 328 g/mol. The van der Waals surface area contributed by atoms with Crippen molar-refractivity contribution in [3.8, 4) is 0 Å². The minimum Gasteiger partial charge on any atom is -0.316 e. The first-order valence-corrected chi connectivity index (χ1v) is 9.06. The van der Waals surface area contributed by atoms with E-state index in [9.17, 15) is 8.42 Å². The van der Waals surface area contributed by atoms with Crippen LogP contribution in [0.15, 0.2) is 23.1 Å². The van der Waals surface area contributed by atoms with Gasteiger partial charge in [0.15, 0.2) is 0 Å². The summed E-state index contributed by atoms with van der Waals surface area (Å²) in [6.07, 6.45) is 0. The normalized spacial score (nSPS) is 28.8. The summed E-state index contributed by atoms with van der Waals surface area (Å²) in [5.41, 5.74) is 0.340. The molecule has 2 unspecified atom stereocenters. The molecule has 0 aromatic heterocycles. The van der Waals surface area contributed by atoms with Crippen LogP contribution in [-0.4, -0.2) is 37.9 Å². The van der Waals surface area contributed by atoms with E-state index in [0.29, 0.717) is 33.9 Å². The molecule has 0 bridgehead atoms. The topological polar surface area (TPSA) is 49.4 Å². The maximum atomic E-state index is 13.1. The summed E-state index contributed by atoms with van der Waals surface area (Å²) in [4.78, 5) is 0.368. The Morgan fingerprint density at radius 1 is 1.33 bits per heavy atom. The number of hydrogen-bond acceptors (Lipinski definition) is 3. The van der Waals surface area contributed by atoms with Crippen LogP contribution in [0.4, 0.5) is 0 Å². The fourth-order valence-corrected chi connectivity index (χ4v) is 6.13. The molecule has 1 aromatic carbocycles. The van der Waals surface area contributed by atoms with E-state index in [1.165, 1.54) is 0 Å². The van der Waals surface area contributed by atoms with Crippen LogP contribution in [0.25, 0.3) is 0 Å². The zero-order valence-corrected chi connectivity index (χ0v) is 14.1. The molecule has 2 aliphatic rings. The summed E-state index contributed by atoms with van der Waals surface area (Å²) in [5, 5.41) is 3.93. The predicted octanol–water partition coefficient (Wildman–Crippen LogP) is 2.27. The number of nitrogens with one attached hydrogen (secondary N) is 1. The molecule has 0 aliphatic carbocycles. The zero-order valence-electron chi connectivity index (χ0n) is 12.6. The Kier molecular flexibility index (Phi) is 3.60. The van der Waals surface area contributed by atoms with Crippen molar-refractivity contribution < 1.29 is 8.42 Å². The third-order valence-corrected chi connectivity index (χ3v) is 7.44. The Hall–Kier alpha value is -0.620. The van der Waals surface area contributed by atoms with Crippen LogP contribution >= 0.6 is 11.6 Å². The number of aryl methyl sites for hydroxylation is 1. The Balaban J connectivity index is 2.03. The molecule has 2 fully saturated rings. The lowest BCUT2D eigenvalue weighted by Gasteiger charge is -2.34.